The number of fused-ring (bicyclic) bond motifs is 1. The normalized spacial score (nSPS) is 18.1. The van der Waals surface area contributed by atoms with Crippen LogP contribution >= 0.6 is 0 Å². The number of esters is 1. The van der Waals surface area contributed by atoms with Gasteiger partial charge in [-0.25, -0.2) is 4.79 Å². The molecule has 0 saturated carbocycles. The Hall–Kier alpha value is -1.51. The third-order valence-corrected chi connectivity index (χ3v) is 2.61. The van der Waals surface area contributed by atoms with Gasteiger partial charge >= 0.3 is 5.97 Å². The molecule has 1 atom stereocenters. The molecular formula is C13H17NO2. The standard InChI is InChI=1S/C13H17NO2/c1-9(2)8-16-13(15)12-7-10-5-3-4-6-11(10)14-12/h3-6,9,12,14H,7-8H2,1-2H3. The first kappa shape index (κ1) is 11.0. The fourth-order valence-corrected chi connectivity index (χ4v) is 1.79. The number of hydrogen-bond donors (Lipinski definition) is 1. The molecule has 0 bridgehead atoms. The molecule has 1 aromatic rings. The van der Waals surface area contributed by atoms with Crippen LogP contribution in [0.4, 0.5) is 5.69 Å². The van der Waals surface area contributed by atoms with Crippen molar-refractivity contribution in [2.75, 3.05) is 11.9 Å². The zero-order chi connectivity index (χ0) is 11.5. The van der Waals surface area contributed by atoms with E-state index >= 15 is 0 Å². The van der Waals surface area contributed by atoms with E-state index in [1.807, 2.05) is 38.1 Å². The zero-order valence-corrected chi connectivity index (χ0v) is 9.69. The Labute approximate surface area is 95.8 Å². The van der Waals surface area contributed by atoms with Gasteiger partial charge in [0, 0.05) is 12.1 Å². The fraction of sp³-hybridized carbons (Fsp3) is 0.462. The topological polar surface area (TPSA) is 38.3 Å². The van der Waals surface area contributed by atoms with Gasteiger partial charge in [-0.05, 0) is 17.5 Å². The molecule has 0 fully saturated rings. The van der Waals surface area contributed by atoms with Gasteiger partial charge in [-0.15, -0.1) is 0 Å². The summed E-state index contributed by atoms with van der Waals surface area (Å²) in [6.07, 6.45) is 0.729. The van der Waals surface area contributed by atoms with E-state index in [-0.39, 0.29) is 12.0 Å². The molecule has 16 heavy (non-hydrogen) atoms. The first-order chi connectivity index (χ1) is 7.66. The van der Waals surface area contributed by atoms with Crippen molar-refractivity contribution < 1.29 is 9.53 Å². The van der Waals surface area contributed by atoms with E-state index in [2.05, 4.69) is 5.32 Å². The monoisotopic (exact) mass is 219 g/mol. The third-order valence-electron chi connectivity index (χ3n) is 2.61. The maximum Gasteiger partial charge on any atom is 0.328 e. The lowest BCUT2D eigenvalue weighted by molar-refractivity contribution is -0.145. The quantitative estimate of drug-likeness (QED) is 0.792. The van der Waals surface area contributed by atoms with Crippen LogP contribution in [-0.4, -0.2) is 18.6 Å². The van der Waals surface area contributed by atoms with Crippen LogP contribution in [0.3, 0.4) is 0 Å². The lowest BCUT2D eigenvalue weighted by atomic mass is 10.1. The highest BCUT2D eigenvalue weighted by molar-refractivity contribution is 5.82. The number of nitrogens with one attached hydrogen (secondary N) is 1. The maximum atomic E-state index is 11.7. The van der Waals surface area contributed by atoms with Gasteiger partial charge in [0.05, 0.1) is 6.61 Å². The molecule has 0 saturated heterocycles. The van der Waals surface area contributed by atoms with Crippen molar-refractivity contribution in [3.8, 4) is 0 Å². The summed E-state index contributed by atoms with van der Waals surface area (Å²) in [6.45, 7) is 4.56. The molecule has 0 radical (unpaired) electrons. The van der Waals surface area contributed by atoms with Crippen LogP contribution in [0.5, 0.6) is 0 Å². The molecule has 3 nitrogen and oxygen atoms in total. The second-order valence-electron chi connectivity index (χ2n) is 4.58. The fourth-order valence-electron chi connectivity index (χ4n) is 1.79. The largest absolute Gasteiger partial charge is 0.464 e. The minimum atomic E-state index is -0.212. The Morgan fingerprint density at radius 2 is 2.25 bits per heavy atom. The van der Waals surface area contributed by atoms with Crippen LogP contribution in [0.15, 0.2) is 24.3 Å². The van der Waals surface area contributed by atoms with E-state index < -0.39 is 0 Å². The summed E-state index contributed by atoms with van der Waals surface area (Å²) < 4.78 is 5.22. The molecule has 3 heteroatoms. The van der Waals surface area contributed by atoms with Crippen LogP contribution in [0.25, 0.3) is 0 Å². The Morgan fingerprint density at radius 1 is 1.50 bits per heavy atom. The summed E-state index contributed by atoms with van der Waals surface area (Å²) in [6, 6.07) is 7.77. The van der Waals surface area contributed by atoms with Crippen molar-refractivity contribution in [3.05, 3.63) is 29.8 Å². The van der Waals surface area contributed by atoms with Gasteiger partial charge in [0.25, 0.3) is 0 Å². The number of carbonyl (C=O) groups is 1. The third kappa shape index (κ3) is 2.35. The van der Waals surface area contributed by atoms with Crippen LogP contribution in [0.1, 0.15) is 19.4 Å². The van der Waals surface area contributed by atoms with Crippen LogP contribution in [0, 0.1) is 5.92 Å². The van der Waals surface area contributed by atoms with Crippen LogP contribution in [0.2, 0.25) is 0 Å². The SMILES string of the molecule is CC(C)COC(=O)C1Cc2ccccc2N1. The average molecular weight is 219 g/mol. The highest BCUT2D eigenvalue weighted by atomic mass is 16.5. The summed E-state index contributed by atoms with van der Waals surface area (Å²) in [5, 5.41) is 3.18. The van der Waals surface area contributed by atoms with E-state index in [1.165, 1.54) is 5.56 Å². The zero-order valence-electron chi connectivity index (χ0n) is 9.69. The van der Waals surface area contributed by atoms with Gasteiger partial charge < -0.3 is 10.1 Å². The Bertz CT molecular complexity index is 362. The summed E-state index contributed by atoms with van der Waals surface area (Å²) in [5.74, 6) is 0.234. The minimum Gasteiger partial charge on any atom is -0.464 e. The van der Waals surface area contributed by atoms with Gasteiger partial charge in [0.15, 0.2) is 0 Å². The van der Waals surface area contributed by atoms with Crippen molar-refractivity contribution in [1.29, 1.82) is 0 Å². The molecule has 0 aliphatic carbocycles. The number of carbonyl (C=O) groups excluding carboxylic acids is 1. The molecule has 1 aromatic carbocycles. The first-order valence-electron chi connectivity index (χ1n) is 5.68. The van der Waals surface area contributed by atoms with E-state index in [0.717, 1.165) is 12.1 Å². The van der Waals surface area contributed by atoms with Crippen molar-refractivity contribution in [1.82, 2.24) is 0 Å². The highest BCUT2D eigenvalue weighted by Crippen LogP contribution is 2.25. The first-order valence-corrected chi connectivity index (χ1v) is 5.68. The van der Waals surface area contributed by atoms with Gasteiger partial charge in [-0.1, -0.05) is 32.0 Å². The van der Waals surface area contributed by atoms with Crippen molar-refractivity contribution in [2.24, 2.45) is 5.92 Å². The summed E-state index contributed by atoms with van der Waals surface area (Å²) in [7, 11) is 0. The molecule has 0 aromatic heterocycles. The minimum absolute atomic E-state index is 0.148. The molecule has 0 spiro atoms. The Kier molecular flexibility index (Phi) is 3.13. The van der Waals surface area contributed by atoms with Gasteiger partial charge in [0.1, 0.15) is 6.04 Å². The molecule has 1 heterocycles. The second-order valence-corrected chi connectivity index (χ2v) is 4.58. The Balaban J connectivity index is 1.93. The molecule has 1 aliphatic rings. The van der Waals surface area contributed by atoms with E-state index in [0.29, 0.717) is 12.5 Å². The number of benzene rings is 1. The number of para-hydroxylation sites is 1. The second kappa shape index (κ2) is 4.56. The molecule has 1 aliphatic heterocycles. The Morgan fingerprint density at radius 3 is 2.94 bits per heavy atom. The highest BCUT2D eigenvalue weighted by Gasteiger charge is 2.27. The van der Waals surface area contributed by atoms with Gasteiger partial charge in [-0.2, -0.15) is 0 Å². The van der Waals surface area contributed by atoms with E-state index in [1.54, 1.807) is 0 Å². The number of rotatable bonds is 3. The lowest BCUT2D eigenvalue weighted by Gasteiger charge is -2.12. The number of ether oxygens (including phenoxy) is 1. The maximum absolute atomic E-state index is 11.7. The van der Waals surface area contributed by atoms with Crippen molar-refractivity contribution >= 4 is 11.7 Å². The molecular weight excluding hydrogens is 202 g/mol. The number of anilines is 1. The molecule has 1 N–H and O–H groups in total. The summed E-state index contributed by atoms with van der Waals surface area (Å²) >= 11 is 0. The summed E-state index contributed by atoms with van der Waals surface area (Å²) in [5.41, 5.74) is 2.24. The van der Waals surface area contributed by atoms with Crippen molar-refractivity contribution in [2.45, 2.75) is 26.3 Å². The average Bonchev–Trinajstić information content (AvgIpc) is 2.69. The molecule has 1 unspecified atom stereocenters. The lowest BCUT2D eigenvalue weighted by Crippen LogP contribution is -2.30. The van der Waals surface area contributed by atoms with Crippen LogP contribution in [-0.2, 0) is 16.0 Å². The number of hydrogen-bond acceptors (Lipinski definition) is 3. The summed E-state index contributed by atoms with van der Waals surface area (Å²) in [4.78, 5) is 11.7. The predicted octanol–water partition coefficient (Wildman–Crippen LogP) is 2.22. The predicted molar refractivity (Wildman–Crippen MR) is 63.4 cm³/mol. The molecule has 86 valence electrons. The molecule has 2 rings (SSSR count). The van der Waals surface area contributed by atoms with Crippen molar-refractivity contribution in [3.63, 3.8) is 0 Å². The van der Waals surface area contributed by atoms with Gasteiger partial charge in [0.2, 0.25) is 0 Å². The van der Waals surface area contributed by atoms with Gasteiger partial charge in [-0.3, -0.25) is 0 Å². The van der Waals surface area contributed by atoms with E-state index in [9.17, 15) is 4.79 Å². The smallest absolute Gasteiger partial charge is 0.328 e. The van der Waals surface area contributed by atoms with E-state index in [4.69, 9.17) is 4.74 Å². The molecule has 0 amide bonds. The van der Waals surface area contributed by atoms with Crippen LogP contribution < -0.4 is 5.32 Å².